The third-order valence-electron chi connectivity index (χ3n) is 5.93. The lowest BCUT2D eigenvalue weighted by atomic mass is 10.4. The van der Waals surface area contributed by atoms with Crippen LogP contribution in [-0.4, -0.2) is 58.4 Å². The number of aryl methyl sites for hydroxylation is 2. The summed E-state index contributed by atoms with van der Waals surface area (Å²) in [5.74, 6) is 1.36. The smallest absolute Gasteiger partial charge is 0.148 e. The van der Waals surface area contributed by atoms with Crippen LogP contribution in [0.1, 0.15) is 11.6 Å². The largest absolute Gasteiger partial charge is 0.361 e. The number of rotatable bonds is 10. The quantitative estimate of drug-likeness (QED) is 0.0689. The Hall–Kier alpha value is -0.366. The van der Waals surface area contributed by atoms with E-state index in [1.165, 1.54) is 0 Å². The lowest BCUT2D eigenvalue weighted by molar-refractivity contribution is 0.0897. The lowest BCUT2D eigenvalue weighted by Gasteiger charge is -2.15. The second-order valence-corrected chi connectivity index (χ2v) is 26.4. The van der Waals surface area contributed by atoms with Crippen molar-refractivity contribution < 1.29 is 9.47 Å². The first kappa shape index (κ1) is 34.1. The van der Waals surface area contributed by atoms with Gasteiger partial charge in [0.2, 0.25) is 0 Å². The van der Waals surface area contributed by atoms with Crippen LogP contribution in [0.2, 0.25) is 61.7 Å². The normalized spacial score (nSPS) is 12.3. The van der Waals surface area contributed by atoms with Crippen LogP contribution < -0.4 is 0 Å². The maximum Gasteiger partial charge on any atom is 0.148 e. The van der Waals surface area contributed by atoms with E-state index in [0.717, 1.165) is 54.5 Å². The van der Waals surface area contributed by atoms with Crippen molar-refractivity contribution in [3.8, 4) is 0 Å². The molecule has 4 rings (SSSR count). The van der Waals surface area contributed by atoms with Crippen molar-refractivity contribution in [1.82, 2.24) is 29.1 Å². The Morgan fingerprint density at radius 1 is 0.675 bits per heavy atom. The number of ether oxygens (including phenoxy) is 2. The maximum absolute atomic E-state index is 6.20. The summed E-state index contributed by atoms with van der Waals surface area (Å²) in [6.45, 7) is 20.4. The maximum atomic E-state index is 6.20. The van der Waals surface area contributed by atoms with E-state index in [0.29, 0.717) is 35.4 Å². The number of hydrogen-bond acceptors (Lipinski definition) is 6. The SMILES string of the molecule is Cc1nc(Cl)c2c(I)cn(COCC[Si](C)(C)C)c2n1.Cc1nc(Cl)c2c(I)cn(COCC[Si](C)(C)C)c2n1. The van der Waals surface area contributed by atoms with Gasteiger partial charge in [0, 0.05) is 48.9 Å². The van der Waals surface area contributed by atoms with Crippen molar-refractivity contribution in [2.75, 3.05) is 13.2 Å². The highest BCUT2D eigenvalue weighted by molar-refractivity contribution is 14.1. The zero-order valence-corrected chi connectivity index (χ0v) is 32.2. The summed E-state index contributed by atoms with van der Waals surface area (Å²) < 4.78 is 17.7. The molecule has 4 aromatic rings. The summed E-state index contributed by atoms with van der Waals surface area (Å²) in [5, 5.41) is 2.84. The average molecular weight is 848 g/mol. The molecule has 0 aliphatic rings. The van der Waals surface area contributed by atoms with Crippen LogP contribution in [0.3, 0.4) is 0 Å². The number of aromatic nitrogens is 6. The minimum absolute atomic E-state index is 0.511. The van der Waals surface area contributed by atoms with Gasteiger partial charge >= 0.3 is 0 Å². The van der Waals surface area contributed by atoms with Gasteiger partial charge < -0.3 is 18.6 Å². The highest BCUT2D eigenvalue weighted by Crippen LogP contribution is 2.28. The third-order valence-corrected chi connectivity index (χ3v) is 11.5. The van der Waals surface area contributed by atoms with Crippen molar-refractivity contribution >= 4 is 107 Å². The molecule has 0 spiro atoms. The van der Waals surface area contributed by atoms with Crippen molar-refractivity contribution in [1.29, 1.82) is 0 Å². The summed E-state index contributed by atoms with van der Waals surface area (Å²) in [7, 11) is -2.09. The van der Waals surface area contributed by atoms with E-state index in [-0.39, 0.29) is 0 Å². The second kappa shape index (κ2) is 14.4. The molecular formula is C26H38Cl2I2N6O2Si2. The Labute approximate surface area is 276 Å². The fourth-order valence-corrected chi connectivity index (χ4v) is 7.79. The molecule has 4 heterocycles. The van der Waals surface area contributed by atoms with Crippen LogP contribution >= 0.6 is 68.4 Å². The van der Waals surface area contributed by atoms with Crippen molar-refractivity contribution in [2.45, 2.75) is 78.7 Å². The minimum atomic E-state index is -1.04. The molecular weight excluding hydrogens is 809 g/mol. The Bertz CT molecular complexity index is 1360. The summed E-state index contributed by atoms with van der Waals surface area (Å²) >= 11 is 16.9. The molecule has 0 saturated carbocycles. The molecule has 0 fully saturated rings. The Morgan fingerprint density at radius 2 is 1.02 bits per heavy atom. The van der Waals surface area contributed by atoms with Gasteiger partial charge in [0.1, 0.15) is 46.7 Å². The van der Waals surface area contributed by atoms with Crippen molar-refractivity contribution in [3.05, 3.63) is 41.5 Å². The molecule has 0 atom stereocenters. The van der Waals surface area contributed by atoms with Crippen LogP contribution in [0.5, 0.6) is 0 Å². The molecule has 14 heteroatoms. The molecule has 220 valence electrons. The molecule has 0 aromatic carbocycles. The Kier molecular flexibility index (Phi) is 12.3. The highest BCUT2D eigenvalue weighted by Gasteiger charge is 2.16. The van der Waals surface area contributed by atoms with Crippen LogP contribution in [0, 0.1) is 21.0 Å². The molecule has 0 N–H and O–H groups in total. The van der Waals surface area contributed by atoms with Gasteiger partial charge in [0.25, 0.3) is 0 Å². The molecule has 0 radical (unpaired) electrons. The van der Waals surface area contributed by atoms with Crippen LogP contribution in [-0.2, 0) is 22.9 Å². The van der Waals surface area contributed by atoms with Gasteiger partial charge in [-0.2, -0.15) is 0 Å². The molecule has 8 nitrogen and oxygen atoms in total. The van der Waals surface area contributed by atoms with Crippen molar-refractivity contribution in [2.24, 2.45) is 0 Å². The van der Waals surface area contributed by atoms with E-state index < -0.39 is 16.1 Å². The monoisotopic (exact) mass is 846 g/mol. The summed E-state index contributed by atoms with van der Waals surface area (Å²) in [6, 6.07) is 2.33. The third kappa shape index (κ3) is 9.84. The minimum Gasteiger partial charge on any atom is -0.361 e. The first-order valence-corrected chi connectivity index (χ1v) is 23.4. The number of halogens is 4. The molecule has 0 bridgehead atoms. The topological polar surface area (TPSA) is 79.9 Å². The van der Waals surface area contributed by atoms with E-state index in [1.807, 2.05) is 35.4 Å². The first-order valence-electron chi connectivity index (χ1n) is 13.1. The number of nitrogens with zero attached hydrogens (tertiary/aromatic N) is 6. The zero-order valence-electron chi connectivity index (χ0n) is 24.4. The standard InChI is InChI=1S/2C13H19ClIN3OSi/c2*1-9-16-12(14)11-10(15)7-18(13(11)17-9)8-19-5-6-20(2,3)4/h2*7H,5-6,8H2,1-4H3. The van der Waals surface area contributed by atoms with E-state index in [2.05, 4.69) is 104 Å². The zero-order chi connectivity index (χ0) is 29.8. The van der Waals surface area contributed by atoms with Gasteiger partial charge in [-0.1, -0.05) is 62.5 Å². The van der Waals surface area contributed by atoms with Gasteiger partial charge in [-0.25, -0.2) is 19.9 Å². The summed E-state index contributed by atoms with van der Waals surface area (Å²) in [5.41, 5.74) is 1.69. The predicted octanol–water partition coefficient (Wildman–Crippen LogP) is 8.62. The van der Waals surface area contributed by atoms with Crippen molar-refractivity contribution in [3.63, 3.8) is 0 Å². The van der Waals surface area contributed by atoms with Gasteiger partial charge in [-0.15, -0.1) is 0 Å². The number of hydrogen-bond donors (Lipinski definition) is 0. The predicted molar refractivity (Wildman–Crippen MR) is 188 cm³/mol. The fourth-order valence-electron chi connectivity index (χ4n) is 3.68. The van der Waals surface area contributed by atoms with Gasteiger partial charge in [-0.3, -0.25) is 0 Å². The molecule has 0 saturated heterocycles. The lowest BCUT2D eigenvalue weighted by Crippen LogP contribution is -2.22. The Balaban J connectivity index is 0.000000220. The Morgan fingerprint density at radius 3 is 1.35 bits per heavy atom. The van der Waals surface area contributed by atoms with E-state index >= 15 is 0 Å². The second-order valence-electron chi connectivity index (χ2n) is 12.1. The number of fused-ring (bicyclic) bond motifs is 2. The van der Waals surface area contributed by atoms with Crippen LogP contribution in [0.4, 0.5) is 0 Å². The van der Waals surface area contributed by atoms with Gasteiger partial charge in [0.15, 0.2) is 0 Å². The molecule has 0 aliphatic carbocycles. The molecule has 0 aliphatic heterocycles. The van der Waals surface area contributed by atoms with E-state index in [1.54, 1.807) is 0 Å². The molecule has 0 unspecified atom stereocenters. The molecule has 4 aromatic heterocycles. The molecule has 0 amide bonds. The average Bonchev–Trinajstić information content (AvgIpc) is 3.29. The van der Waals surface area contributed by atoms with E-state index in [4.69, 9.17) is 32.7 Å². The van der Waals surface area contributed by atoms with Gasteiger partial charge in [-0.05, 0) is 71.1 Å². The first-order chi connectivity index (χ1) is 18.6. The van der Waals surface area contributed by atoms with Crippen LogP contribution in [0.25, 0.3) is 22.1 Å². The van der Waals surface area contributed by atoms with Gasteiger partial charge in [0.05, 0.1) is 10.8 Å². The van der Waals surface area contributed by atoms with Crippen LogP contribution in [0.15, 0.2) is 12.4 Å². The van der Waals surface area contributed by atoms with E-state index in [9.17, 15) is 0 Å². The summed E-state index contributed by atoms with van der Waals surface area (Å²) in [6.07, 6.45) is 4.03. The highest BCUT2D eigenvalue weighted by atomic mass is 127. The summed E-state index contributed by atoms with van der Waals surface area (Å²) in [4.78, 5) is 17.4. The fraction of sp³-hybridized carbons (Fsp3) is 0.538. The molecule has 40 heavy (non-hydrogen) atoms.